The Labute approximate surface area is 110 Å². The van der Waals surface area contributed by atoms with Crippen molar-refractivity contribution in [3.63, 3.8) is 0 Å². The number of alkyl halides is 3. The third-order valence-electron chi connectivity index (χ3n) is 1.92. The molecule has 0 fully saturated rings. The van der Waals surface area contributed by atoms with Crippen molar-refractivity contribution in [3.05, 3.63) is 22.2 Å². The van der Waals surface area contributed by atoms with Crippen molar-refractivity contribution < 1.29 is 17.9 Å². The average Bonchev–Trinajstić information content (AvgIpc) is 2.21. The van der Waals surface area contributed by atoms with Gasteiger partial charge in [-0.3, -0.25) is 0 Å². The van der Waals surface area contributed by atoms with Crippen LogP contribution in [0.4, 0.5) is 18.9 Å². The summed E-state index contributed by atoms with van der Waals surface area (Å²) in [6.45, 7) is 1.62. The van der Waals surface area contributed by atoms with Crippen LogP contribution in [0, 0.1) is 6.92 Å². The molecule has 17 heavy (non-hydrogen) atoms. The van der Waals surface area contributed by atoms with Crippen molar-refractivity contribution in [2.24, 2.45) is 4.99 Å². The predicted molar refractivity (Wildman–Crippen MR) is 64.4 cm³/mol. The second kappa shape index (κ2) is 5.27. The fourth-order valence-corrected chi connectivity index (χ4v) is 1.67. The number of benzene rings is 1. The quantitative estimate of drug-likeness (QED) is 0.726. The molecule has 94 valence electrons. The number of aryl methyl sites for hydroxylation is 1. The smallest absolute Gasteiger partial charge is 0.444 e. The molecule has 7 heteroatoms. The molecule has 0 saturated carbocycles. The summed E-state index contributed by atoms with van der Waals surface area (Å²) in [5.41, 5.74) is 0.674. The summed E-state index contributed by atoms with van der Waals surface area (Å²) in [6.07, 6.45) is -4.64. The van der Waals surface area contributed by atoms with E-state index in [1.807, 2.05) is 0 Å². The van der Waals surface area contributed by atoms with Crippen LogP contribution in [-0.2, 0) is 0 Å². The highest BCUT2D eigenvalue weighted by atomic mass is 79.9. The Balaban J connectivity index is 3.21. The first-order valence-electron chi connectivity index (χ1n) is 4.41. The molecule has 0 radical (unpaired) electrons. The number of nitrogens with zero attached hydrogens (tertiary/aromatic N) is 1. The fraction of sp³-hybridized carbons (Fsp3) is 0.300. The lowest BCUT2D eigenvalue weighted by molar-refractivity contribution is -0.0558. The molecule has 0 N–H and O–H groups in total. The van der Waals surface area contributed by atoms with Crippen LogP contribution in [0.15, 0.2) is 21.6 Å². The van der Waals surface area contributed by atoms with E-state index in [0.29, 0.717) is 15.8 Å². The van der Waals surface area contributed by atoms with Crippen LogP contribution in [0.25, 0.3) is 0 Å². The van der Waals surface area contributed by atoms with Crippen LogP contribution in [0.1, 0.15) is 5.56 Å². The number of rotatable bonds is 2. The van der Waals surface area contributed by atoms with Crippen LogP contribution in [0.3, 0.4) is 0 Å². The van der Waals surface area contributed by atoms with E-state index in [-0.39, 0.29) is 5.69 Å². The first kappa shape index (κ1) is 14.3. The monoisotopic (exact) mass is 329 g/mol. The molecule has 1 aromatic rings. The van der Waals surface area contributed by atoms with Crippen LogP contribution < -0.4 is 4.74 Å². The number of hydrogen-bond acceptors (Lipinski definition) is 2. The molecule has 0 unspecified atom stereocenters. The van der Waals surface area contributed by atoms with Gasteiger partial charge in [-0.2, -0.15) is 13.2 Å². The van der Waals surface area contributed by atoms with Crippen molar-refractivity contribution in [1.82, 2.24) is 0 Å². The van der Waals surface area contributed by atoms with E-state index in [9.17, 15) is 13.2 Å². The number of halogens is 5. The Hall–Kier alpha value is -0.750. The summed E-state index contributed by atoms with van der Waals surface area (Å²) < 4.78 is 42.2. The summed E-state index contributed by atoms with van der Waals surface area (Å²) in [5.74, 6) is 0.518. The maximum atomic E-state index is 12.2. The summed E-state index contributed by atoms with van der Waals surface area (Å²) in [4.78, 5) is 3.34. The summed E-state index contributed by atoms with van der Waals surface area (Å²) in [6, 6.07) is 2.99. The number of hydrogen-bond donors (Lipinski definition) is 0. The van der Waals surface area contributed by atoms with E-state index < -0.39 is 11.3 Å². The van der Waals surface area contributed by atoms with Crippen LogP contribution in [0.2, 0.25) is 0 Å². The lowest BCUT2D eigenvalue weighted by Crippen LogP contribution is -2.16. The third kappa shape index (κ3) is 3.61. The maximum absolute atomic E-state index is 12.2. The Bertz CT molecular complexity index is 460. The van der Waals surface area contributed by atoms with Gasteiger partial charge in [0.25, 0.3) is 0 Å². The van der Waals surface area contributed by atoms with Gasteiger partial charge >= 0.3 is 6.18 Å². The van der Waals surface area contributed by atoms with Crippen molar-refractivity contribution in [3.8, 4) is 5.75 Å². The highest BCUT2D eigenvalue weighted by Crippen LogP contribution is 2.34. The normalized spacial score (nSPS) is 12.8. The lowest BCUT2D eigenvalue weighted by atomic mass is 10.2. The number of methoxy groups -OCH3 is 1. The molecule has 1 rings (SSSR count). The molecule has 0 aliphatic rings. The van der Waals surface area contributed by atoms with E-state index in [2.05, 4.69) is 20.9 Å². The van der Waals surface area contributed by atoms with Gasteiger partial charge in [-0.05, 0) is 40.5 Å². The Morgan fingerprint density at radius 2 is 2.00 bits per heavy atom. The van der Waals surface area contributed by atoms with E-state index >= 15 is 0 Å². The topological polar surface area (TPSA) is 21.6 Å². The second-order valence-electron chi connectivity index (χ2n) is 3.17. The zero-order valence-electron chi connectivity index (χ0n) is 8.90. The van der Waals surface area contributed by atoms with Crippen LogP contribution in [0.5, 0.6) is 5.75 Å². The first-order valence-corrected chi connectivity index (χ1v) is 5.58. The van der Waals surface area contributed by atoms with Gasteiger partial charge in [0.1, 0.15) is 5.75 Å². The molecular weight excluding hydrogens is 322 g/mol. The van der Waals surface area contributed by atoms with E-state index in [1.165, 1.54) is 13.2 Å². The minimum Gasteiger partial charge on any atom is -0.496 e. The molecule has 0 aliphatic carbocycles. The molecule has 0 heterocycles. The van der Waals surface area contributed by atoms with Crippen molar-refractivity contribution in [1.29, 1.82) is 0 Å². The summed E-state index contributed by atoms with van der Waals surface area (Å²) in [5, 5.41) is -1.40. The maximum Gasteiger partial charge on any atom is 0.444 e. The molecule has 0 aliphatic heterocycles. The van der Waals surface area contributed by atoms with Gasteiger partial charge in [0.05, 0.1) is 17.3 Å². The molecular formula is C10H8BrClF3NO. The predicted octanol–water partition coefficient (Wildman–Crippen LogP) is 4.60. The molecule has 1 aromatic carbocycles. The highest BCUT2D eigenvalue weighted by molar-refractivity contribution is 9.10. The van der Waals surface area contributed by atoms with Crippen molar-refractivity contribution >= 4 is 38.4 Å². The average molecular weight is 331 g/mol. The van der Waals surface area contributed by atoms with Crippen molar-refractivity contribution in [2.75, 3.05) is 7.11 Å². The van der Waals surface area contributed by atoms with Gasteiger partial charge in [-0.15, -0.1) is 0 Å². The molecule has 0 atom stereocenters. The van der Waals surface area contributed by atoms with E-state index in [1.54, 1.807) is 13.0 Å². The Kier molecular flexibility index (Phi) is 4.43. The summed E-state index contributed by atoms with van der Waals surface area (Å²) >= 11 is 8.23. The molecule has 0 saturated heterocycles. The molecule has 0 spiro atoms. The lowest BCUT2D eigenvalue weighted by Gasteiger charge is -2.08. The first-order chi connectivity index (χ1) is 7.75. The van der Waals surface area contributed by atoms with Gasteiger partial charge < -0.3 is 4.74 Å². The second-order valence-corrected chi connectivity index (χ2v) is 4.39. The minimum absolute atomic E-state index is 0.139. The number of aliphatic imine (C=N–C) groups is 1. The minimum atomic E-state index is -4.64. The van der Waals surface area contributed by atoms with Gasteiger partial charge in [-0.25, -0.2) is 4.99 Å². The van der Waals surface area contributed by atoms with Gasteiger partial charge in [-0.1, -0.05) is 11.6 Å². The molecule has 0 aromatic heterocycles. The number of ether oxygens (including phenoxy) is 1. The van der Waals surface area contributed by atoms with E-state index in [0.717, 1.165) is 0 Å². The van der Waals surface area contributed by atoms with Crippen molar-refractivity contribution in [2.45, 2.75) is 13.1 Å². The van der Waals surface area contributed by atoms with Crippen LogP contribution in [-0.4, -0.2) is 18.5 Å². The Morgan fingerprint density at radius 1 is 1.41 bits per heavy atom. The fourth-order valence-electron chi connectivity index (χ4n) is 1.09. The molecule has 0 amide bonds. The van der Waals surface area contributed by atoms with Gasteiger partial charge in [0, 0.05) is 0 Å². The largest absolute Gasteiger partial charge is 0.496 e. The van der Waals surface area contributed by atoms with E-state index in [4.69, 9.17) is 16.3 Å². The Morgan fingerprint density at radius 3 is 2.47 bits per heavy atom. The van der Waals surface area contributed by atoms with Gasteiger partial charge in [0.15, 0.2) is 0 Å². The highest BCUT2D eigenvalue weighted by Gasteiger charge is 2.34. The zero-order valence-corrected chi connectivity index (χ0v) is 11.2. The standard InChI is InChI=1S/C10H8BrClF3NO/c1-5-3-8(17-2)6(11)4-7(5)16-9(12)10(13,14)15/h3-4H,1-2H3. The molecule has 0 bridgehead atoms. The van der Waals surface area contributed by atoms with Crippen LogP contribution >= 0.6 is 27.5 Å². The zero-order chi connectivity index (χ0) is 13.2. The SMILES string of the molecule is COc1cc(C)c(N=C(Cl)C(F)(F)F)cc1Br. The third-order valence-corrected chi connectivity index (χ3v) is 2.84. The summed E-state index contributed by atoms with van der Waals surface area (Å²) in [7, 11) is 1.46. The van der Waals surface area contributed by atoms with Gasteiger partial charge in [0.2, 0.25) is 5.17 Å². The molecule has 2 nitrogen and oxygen atoms in total.